The molecule has 4 rings (SSSR count). The Labute approximate surface area is 186 Å². The SMILES string of the molecule is CN=C(NCc1ccc(CN2CCCCC2C)cc1)N1CCN(Cc2ccon2)CC1. The zero-order valence-corrected chi connectivity index (χ0v) is 19.0. The van der Waals surface area contributed by atoms with Gasteiger partial charge in [-0.3, -0.25) is 14.8 Å². The lowest BCUT2D eigenvalue weighted by atomic mass is 10.0. The first-order chi connectivity index (χ1) is 15.2. The molecule has 3 heterocycles. The number of nitrogens with zero attached hydrogens (tertiary/aromatic N) is 5. The van der Waals surface area contributed by atoms with Crippen molar-refractivity contribution in [2.45, 2.75) is 51.9 Å². The van der Waals surface area contributed by atoms with Gasteiger partial charge in [0.25, 0.3) is 0 Å². The van der Waals surface area contributed by atoms with Gasteiger partial charge in [0.15, 0.2) is 5.96 Å². The van der Waals surface area contributed by atoms with Crippen molar-refractivity contribution < 1.29 is 4.52 Å². The van der Waals surface area contributed by atoms with Gasteiger partial charge in [-0.1, -0.05) is 35.8 Å². The van der Waals surface area contributed by atoms with E-state index < -0.39 is 0 Å². The summed E-state index contributed by atoms with van der Waals surface area (Å²) < 4.78 is 4.94. The minimum Gasteiger partial charge on any atom is -0.364 e. The number of piperazine rings is 1. The van der Waals surface area contributed by atoms with Crippen molar-refractivity contribution in [3.8, 4) is 0 Å². The number of hydrogen-bond donors (Lipinski definition) is 1. The number of guanidine groups is 1. The van der Waals surface area contributed by atoms with Gasteiger partial charge in [0.2, 0.25) is 0 Å². The van der Waals surface area contributed by atoms with Crippen LogP contribution in [0.4, 0.5) is 0 Å². The molecule has 7 nitrogen and oxygen atoms in total. The van der Waals surface area contributed by atoms with E-state index in [0.717, 1.165) is 57.5 Å². The fraction of sp³-hybridized carbons (Fsp3) is 0.583. The summed E-state index contributed by atoms with van der Waals surface area (Å²) in [5.41, 5.74) is 3.69. The van der Waals surface area contributed by atoms with Crippen LogP contribution in [-0.2, 0) is 19.6 Å². The van der Waals surface area contributed by atoms with Gasteiger partial charge in [-0.2, -0.15) is 0 Å². The Kier molecular flexibility index (Phi) is 7.59. The first-order valence-corrected chi connectivity index (χ1v) is 11.6. The predicted molar refractivity (Wildman–Crippen MR) is 124 cm³/mol. The number of rotatable bonds is 6. The molecule has 0 spiro atoms. The summed E-state index contributed by atoms with van der Waals surface area (Å²) in [6.07, 6.45) is 5.67. The molecule has 2 saturated heterocycles. The van der Waals surface area contributed by atoms with Crippen molar-refractivity contribution in [2.75, 3.05) is 39.8 Å². The van der Waals surface area contributed by atoms with E-state index in [1.165, 1.54) is 36.9 Å². The predicted octanol–water partition coefficient (Wildman–Crippen LogP) is 2.94. The van der Waals surface area contributed by atoms with E-state index in [2.05, 4.69) is 61.4 Å². The molecule has 1 aromatic heterocycles. The summed E-state index contributed by atoms with van der Waals surface area (Å²) in [5.74, 6) is 0.979. The Morgan fingerprint density at radius 1 is 1.03 bits per heavy atom. The van der Waals surface area contributed by atoms with Crippen molar-refractivity contribution in [1.29, 1.82) is 0 Å². The van der Waals surface area contributed by atoms with Crippen LogP contribution in [0.2, 0.25) is 0 Å². The van der Waals surface area contributed by atoms with E-state index in [1.54, 1.807) is 6.26 Å². The van der Waals surface area contributed by atoms with Gasteiger partial charge >= 0.3 is 0 Å². The smallest absolute Gasteiger partial charge is 0.194 e. The van der Waals surface area contributed by atoms with Crippen LogP contribution < -0.4 is 5.32 Å². The third kappa shape index (κ3) is 6.08. The third-order valence-corrected chi connectivity index (χ3v) is 6.56. The molecule has 1 unspecified atom stereocenters. The minimum absolute atomic E-state index is 0.704. The Morgan fingerprint density at radius 2 is 1.81 bits per heavy atom. The van der Waals surface area contributed by atoms with E-state index in [-0.39, 0.29) is 0 Å². The lowest BCUT2D eigenvalue weighted by Crippen LogP contribution is -2.52. The molecule has 1 aromatic carbocycles. The fourth-order valence-electron chi connectivity index (χ4n) is 4.57. The van der Waals surface area contributed by atoms with Gasteiger partial charge < -0.3 is 14.7 Å². The summed E-state index contributed by atoms with van der Waals surface area (Å²) in [5, 5.41) is 7.56. The average molecular weight is 425 g/mol. The lowest BCUT2D eigenvalue weighted by Gasteiger charge is -2.36. The average Bonchev–Trinajstić information content (AvgIpc) is 3.31. The minimum atomic E-state index is 0.704. The van der Waals surface area contributed by atoms with Crippen LogP contribution in [0.1, 0.15) is 43.0 Å². The van der Waals surface area contributed by atoms with Crippen molar-refractivity contribution in [3.05, 3.63) is 53.4 Å². The number of likely N-dealkylation sites (tertiary alicyclic amines) is 1. The first kappa shape index (κ1) is 21.8. The number of aromatic nitrogens is 1. The van der Waals surface area contributed by atoms with Crippen LogP contribution in [0.25, 0.3) is 0 Å². The monoisotopic (exact) mass is 424 g/mol. The highest BCUT2D eigenvalue weighted by Crippen LogP contribution is 2.19. The van der Waals surface area contributed by atoms with Gasteiger partial charge in [-0.15, -0.1) is 0 Å². The second kappa shape index (κ2) is 10.8. The molecule has 168 valence electrons. The molecule has 2 aliphatic heterocycles. The zero-order chi connectivity index (χ0) is 21.5. The molecule has 2 aromatic rings. The van der Waals surface area contributed by atoms with Crippen LogP contribution >= 0.6 is 0 Å². The standard InChI is InChI=1S/C24H36N6O/c1-20-5-3-4-11-30(20)18-22-8-6-21(7-9-22)17-26-24(25-2)29-14-12-28(13-15-29)19-23-10-16-31-27-23/h6-10,16,20H,3-5,11-15,17-19H2,1-2H3,(H,25,26). The largest absolute Gasteiger partial charge is 0.364 e. The van der Waals surface area contributed by atoms with E-state index in [0.29, 0.717) is 6.04 Å². The van der Waals surface area contributed by atoms with Gasteiger partial charge in [-0.25, -0.2) is 0 Å². The summed E-state index contributed by atoms with van der Waals surface area (Å²) in [4.78, 5) is 11.9. The quantitative estimate of drug-likeness (QED) is 0.568. The first-order valence-electron chi connectivity index (χ1n) is 11.6. The van der Waals surface area contributed by atoms with Crippen molar-refractivity contribution in [3.63, 3.8) is 0 Å². The number of hydrogen-bond acceptors (Lipinski definition) is 5. The zero-order valence-electron chi connectivity index (χ0n) is 19.0. The normalized spacial score (nSPS) is 21.4. The van der Waals surface area contributed by atoms with Gasteiger partial charge in [0.1, 0.15) is 6.26 Å². The van der Waals surface area contributed by atoms with Crippen LogP contribution in [0.5, 0.6) is 0 Å². The van der Waals surface area contributed by atoms with Gasteiger partial charge in [0, 0.05) is 65.0 Å². The van der Waals surface area contributed by atoms with Gasteiger partial charge in [-0.05, 0) is 37.4 Å². The molecule has 0 bridgehead atoms. The molecule has 2 aliphatic rings. The lowest BCUT2D eigenvalue weighted by molar-refractivity contribution is 0.152. The summed E-state index contributed by atoms with van der Waals surface area (Å²) >= 11 is 0. The third-order valence-electron chi connectivity index (χ3n) is 6.56. The number of aliphatic imine (C=N–C) groups is 1. The molecule has 31 heavy (non-hydrogen) atoms. The second-order valence-corrected chi connectivity index (χ2v) is 8.79. The molecular formula is C24H36N6O. The van der Waals surface area contributed by atoms with E-state index in [1.807, 2.05) is 13.1 Å². The number of benzene rings is 1. The van der Waals surface area contributed by atoms with Crippen molar-refractivity contribution in [2.24, 2.45) is 4.99 Å². The number of nitrogens with one attached hydrogen (secondary N) is 1. The molecule has 0 radical (unpaired) electrons. The van der Waals surface area contributed by atoms with Crippen LogP contribution in [0, 0.1) is 0 Å². The maximum absolute atomic E-state index is 4.94. The highest BCUT2D eigenvalue weighted by atomic mass is 16.5. The molecule has 1 N–H and O–H groups in total. The fourth-order valence-corrected chi connectivity index (χ4v) is 4.57. The van der Waals surface area contributed by atoms with Crippen LogP contribution in [-0.4, -0.2) is 71.6 Å². The van der Waals surface area contributed by atoms with E-state index in [9.17, 15) is 0 Å². The summed E-state index contributed by atoms with van der Waals surface area (Å²) in [7, 11) is 1.87. The second-order valence-electron chi connectivity index (χ2n) is 8.79. The molecular weight excluding hydrogens is 388 g/mol. The van der Waals surface area contributed by atoms with Crippen LogP contribution in [0.3, 0.4) is 0 Å². The van der Waals surface area contributed by atoms with E-state index in [4.69, 9.17) is 4.52 Å². The summed E-state index contributed by atoms with van der Waals surface area (Å²) in [6.45, 7) is 10.2. The van der Waals surface area contributed by atoms with Crippen LogP contribution in [0.15, 0.2) is 46.1 Å². The maximum atomic E-state index is 4.94. The molecule has 1 atom stereocenters. The summed E-state index contributed by atoms with van der Waals surface area (Å²) in [6, 6.07) is 11.7. The topological polar surface area (TPSA) is 60.1 Å². The number of piperidine rings is 1. The van der Waals surface area contributed by atoms with Crippen molar-refractivity contribution >= 4 is 5.96 Å². The van der Waals surface area contributed by atoms with Crippen molar-refractivity contribution in [1.82, 2.24) is 25.2 Å². The molecule has 0 amide bonds. The Balaban J connectivity index is 1.22. The van der Waals surface area contributed by atoms with Gasteiger partial charge in [0.05, 0.1) is 5.69 Å². The molecule has 0 aliphatic carbocycles. The Hall–Kier alpha value is -2.38. The Morgan fingerprint density at radius 3 is 2.48 bits per heavy atom. The highest BCUT2D eigenvalue weighted by Gasteiger charge is 2.20. The molecule has 7 heteroatoms. The Bertz CT molecular complexity index is 811. The highest BCUT2D eigenvalue weighted by molar-refractivity contribution is 5.80. The maximum Gasteiger partial charge on any atom is 0.194 e. The molecule has 2 fully saturated rings. The molecule has 0 saturated carbocycles. The van der Waals surface area contributed by atoms with E-state index >= 15 is 0 Å².